The molecule has 2 nitrogen and oxygen atoms in total. The maximum atomic E-state index is 4.67. The third kappa shape index (κ3) is 3.84. The Morgan fingerprint density at radius 3 is 2.85 bits per heavy atom. The Bertz CT molecular complexity index is 437. The lowest BCUT2D eigenvalue weighted by molar-refractivity contribution is 0.0845. The Labute approximate surface area is 151 Å². The molecule has 1 aliphatic carbocycles. The summed E-state index contributed by atoms with van der Waals surface area (Å²) < 4.78 is 0.987. The van der Waals surface area contributed by atoms with E-state index in [4.69, 9.17) is 0 Å². The van der Waals surface area contributed by atoms with Crippen molar-refractivity contribution in [2.45, 2.75) is 45.1 Å². The van der Waals surface area contributed by atoms with Gasteiger partial charge in [0.2, 0.25) is 0 Å². The summed E-state index contributed by atoms with van der Waals surface area (Å²) in [5, 5.41) is 0. The van der Waals surface area contributed by atoms with Gasteiger partial charge in [0, 0.05) is 11.7 Å². The molecule has 0 aromatic carbocycles. The van der Waals surface area contributed by atoms with Crippen LogP contribution in [0.3, 0.4) is 0 Å². The van der Waals surface area contributed by atoms with E-state index in [1.165, 1.54) is 56.5 Å². The molecule has 1 aromatic heterocycles. The largest absolute Gasteiger partial charge is 0.300 e. The lowest BCUT2D eigenvalue weighted by Gasteiger charge is -2.44. The maximum absolute atomic E-state index is 4.67. The molecule has 1 fully saturated rings. The predicted molar refractivity (Wildman–Crippen MR) is 98.4 cm³/mol. The fourth-order valence-corrected chi connectivity index (χ4v) is 4.00. The van der Waals surface area contributed by atoms with Gasteiger partial charge >= 0.3 is 0 Å². The molecule has 114 valence electrons. The molecule has 0 bridgehead atoms. The average molecular weight is 471 g/mol. The number of halogens is 3. The highest BCUT2D eigenvalue weighted by Gasteiger charge is 2.35. The summed E-state index contributed by atoms with van der Waals surface area (Å²) >= 11 is 3.49. The highest BCUT2D eigenvalue weighted by atomic mass is 79.9. The third-order valence-corrected chi connectivity index (χ3v) is 4.90. The number of aromatic nitrogens is 1. The number of nitrogens with zero attached hydrogens (tertiary/aromatic N) is 2. The topological polar surface area (TPSA) is 16.1 Å². The summed E-state index contributed by atoms with van der Waals surface area (Å²) in [7, 11) is 0. The van der Waals surface area contributed by atoms with Crippen molar-refractivity contribution >= 4 is 49.9 Å². The van der Waals surface area contributed by atoms with Gasteiger partial charge in [0.25, 0.3) is 0 Å². The van der Waals surface area contributed by atoms with Crippen molar-refractivity contribution in [3.05, 3.63) is 28.0 Å². The van der Waals surface area contributed by atoms with Gasteiger partial charge in [-0.3, -0.25) is 4.90 Å². The van der Waals surface area contributed by atoms with E-state index < -0.39 is 0 Å². The molecule has 0 radical (unpaired) electrons. The highest BCUT2D eigenvalue weighted by molar-refractivity contribution is 9.10. The van der Waals surface area contributed by atoms with Crippen molar-refractivity contribution < 1.29 is 0 Å². The van der Waals surface area contributed by atoms with Gasteiger partial charge in [-0.25, -0.2) is 4.98 Å². The third-order valence-electron chi connectivity index (χ3n) is 4.46. The van der Waals surface area contributed by atoms with Crippen LogP contribution >= 0.6 is 49.9 Å². The molecule has 3 rings (SSSR count). The van der Waals surface area contributed by atoms with Crippen molar-refractivity contribution in [1.82, 2.24) is 9.88 Å². The summed E-state index contributed by atoms with van der Waals surface area (Å²) in [6, 6.07) is 5.13. The van der Waals surface area contributed by atoms with Gasteiger partial charge in [-0.1, -0.05) is 13.0 Å². The van der Waals surface area contributed by atoms with Gasteiger partial charge in [0.1, 0.15) is 4.60 Å². The van der Waals surface area contributed by atoms with E-state index in [0.29, 0.717) is 0 Å². The highest BCUT2D eigenvalue weighted by Crippen LogP contribution is 2.34. The predicted octanol–water partition coefficient (Wildman–Crippen LogP) is 4.59. The molecular formula is C15H23Br3N2. The second-order valence-electron chi connectivity index (χ2n) is 5.65. The molecule has 5 heteroatoms. The number of hydrogen-bond donors (Lipinski definition) is 0. The van der Waals surface area contributed by atoms with E-state index in [-0.39, 0.29) is 34.0 Å². The molecule has 20 heavy (non-hydrogen) atoms. The Morgan fingerprint density at radius 2 is 2.10 bits per heavy atom. The first-order chi connectivity index (χ1) is 8.78. The number of likely N-dealkylation sites (tertiary alicyclic amines) is 1. The summed E-state index contributed by atoms with van der Waals surface area (Å²) in [5.41, 5.74) is 2.81. The molecule has 1 saturated heterocycles. The van der Waals surface area contributed by atoms with E-state index in [2.05, 4.69) is 44.9 Å². The molecule has 0 spiro atoms. The molecule has 0 N–H and O–H groups in total. The molecular weight excluding hydrogens is 448 g/mol. The number of pyridine rings is 1. The van der Waals surface area contributed by atoms with E-state index in [9.17, 15) is 0 Å². The van der Waals surface area contributed by atoms with Crippen LogP contribution in [-0.4, -0.2) is 29.0 Å². The van der Waals surface area contributed by atoms with Crippen molar-refractivity contribution in [3.63, 3.8) is 0 Å². The number of piperidine rings is 1. The smallest absolute Gasteiger partial charge is 0.106 e. The van der Waals surface area contributed by atoms with Gasteiger partial charge in [-0.2, -0.15) is 0 Å². The maximum Gasteiger partial charge on any atom is 0.106 e. The molecule has 2 heterocycles. The zero-order valence-corrected chi connectivity index (χ0v) is 16.9. The normalized spacial score (nSPS) is 24.9. The van der Waals surface area contributed by atoms with Crippen LogP contribution < -0.4 is 0 Å². The van der Waals surface area contributed by atoms with Crippen LogP contribution in [0, 0.1) is 5.92 Å². The van der Waals surface area contributed by atoms with Crippen LogP contribution in [0.15, 0.2) is 16.7 Å². The van der Waals surface area contributed by atoms with Crippen LogP contribution in [0.5, 0.6) is 0 Å². The van der Waals surface area contributed by atoms with E-state index in [1.54, 1.807) is 0 Å². The Kier molecular flexibility index (Phi) is 7.67. The van der Waals surface area contributed by atoms with Gasteiger partial charge < -0.3 is 0 Å². The summed E-state index contributed by atoms with van der Waals surface area (Å²) in [6.45, 7) is 4.85. The minimum atomic E-state index is 0. The molecule has 0 saturated carbocycles. The van der Waals surface area contributed by atoms with Crippen molar-refractivity contribution in [2.24, 2.45) is 5.92 Å². The lowest BCUT2D eigenvalue weighted by atomic mass is 9.77. The first kappa shape index (κ1) is 18.6. The van der Waals surface area contributed by atoms with Crippen molar-refractivity contribution in [3.8, 4) is 0 Å². The van der Waals surface area contributed by atoms with Gasteiger partial charge in [0.15, 0.2) is 0 Å². The van der Waals surface area contributed by atoms with Crippen LogP contribution in [-0.2, 0) is 12.8 Å². The Hall–Kier alpha value is 0.550. The van der Waals surface area contributed by atoms with Crippen LogP contribution in [0.2, 0.25) is 0 Å². The van der Waals surface area contributed by atoms with E-state index >= 15 is 0 Å². The number of fused-ring (bicyclic) bond motifs is 2. The molecule has 1 aromatic rings. The molecule has 0 amide bonds. The SMILES string of the molecule is Br.Br.CCCN1CCC[C@H]2Cc3nc(Br)ccc3C[C@@H]21. The number of rotatable bonds is 2. The van der Waals surface area contributed by atoms with E-state index in [0.717, 1.165) is 16.6 Å². The van der Waals surface area contributed by atoms with E-state index in [1.807, 2.05) is 0 Å². The minimum absolute atomic E-state index is 0. The zero-order chi connectivity index (χ0) is 12.5. The monoisotopic (exact) mass is 468 g/mol. The standard InChI is InChI=1S/C15H21BrN2.2BrH/c1-2-7-18-8-3-4-12-9-13-11(10-14(12)18)5-6-15(16)17-13;;/h5-6,12,14H,2-4,7-10H2,1H3;2*1H/t12-,14-;;/m0../s1. The minimum Gasteiger partial charge on any atom is -0.300 e. The Balaban J connectivity index is 0.000001000. The van der Waals surface area contributed by atoms with Gasteiger partial charge in [-0.05, 0) is 78.7 Å². The summed E-state index contributed by atoms with van der Waals surface area (Å²) in [6.07, 6.45) is 6.41. The van der Waals surface area contributed by atoms with Crippen molar-refractivity contribution in [2.75, 3.05) is 13.1 Å². The Morgan fingerprint density at radius 1 is 1.30 bits per heavy atom. The first-order valence-electron chi connectivity index (χ1n) is 7.16. The fraction of sp³-hybridized carbons (Fsp3) is 0.667. The van der Waals surface area contributed by atoms with Crippen LogP contribution in [0.25, 0.3) is 0 Å². The first-order valence-corrected chi connectivity index (χ1v) is 7.95. The van der Waals surface area contributed by atoms with Gasteiger partial charge in [0.05, 0.1) is 0 Å². The second kappa shape index (κ2) is 8.25. The molecule has 1 aliphatic heterocycles. The fourth-order valence-electron chi connectivity index (χ4n) is 3.65. The quantitative estimate of drug-likeness (QED) is 0.588. The summed E-state index contributed by atoms with van der Waals surface area (Å²) in [4.78, 5) is 7.40. The van der Waals surface area contributed by atoms with Crippen LogP contribution in [0.1, 0.15) is 37.4 Å². The van der Waals surface area contributed by atoms with Gasteiger partial charge in [-0.15, -0.1) is 34.0 Å². The molecule has 0 unspecified atom stereocenters. The van der Waals surface area contributed by atoms with Crippen LogP contribution in [0.4, 0.5) is 0 Å². The molecule has 2 aliphatic rings. The zero-order valence-electron chi connectivity index (χ0n) is 11.8. The van der Waals surface area contributed by atoms with Crippen molar-refractivity contribution in [1.29, 1.82) is 0 Å². The second-order valence-corrected chi connectivity index (χ2v) is 6.47. The average Bonchev–Trinajstić information content (AvgIpc) is 2.37. The number of hydrogen-bond acceptors (Lipinski definition) is 2. The summed E-state index contributed by atoms with van der Waals surface area (Å²) in [5.74, 6) is 0.833. The lowest BCUT2D eigenvalue weighted by Crippen LogP contribution is -2.49. The molecule has 2 atom stereocenters.